The Kier molecular flexibility index (Phi) is 14.9. The van der Waals surface area contributed by atoms with E-state index in [0.717, 1.165) is 33.9 Å². The third kappa shape index (κ3) is 11.5. The molecule has 340 valence electrons. The topological polar surface area (TPSA) is 146 Å². The minimum Gasteiger partial charge on any atom is -0.386 e. The van der Waals surface area contributed by atoms with Gasteiger partial charge in [-0.1, -0.05) is 72.8 Å². The van der Waals surface area contributed by atoms with Gasteiger partial charge in [0.25, 0.3) is 20.0 Å². The fraction of sp³-hybridized carbons (Fsp3) is 0.333. The van der Waals surface area contributed by atoms with E-state index in [0.29, 0.717) is 60.8 Å². The molecule has 2 saturated heterocycles. The number of nitrogens with one attached hydrogen (secondary N) is 2. The molecule has 0 spiro atoms. The highest BCUT2D eigenvalue weighted by molar-refractivity contribution is 7.91. The number of nitrogens with zero attached hydrogens (tertiary/aromatic N) is 4. The van der Waals surface area contributed by atoms with Crippen molar-refractivity contribution in [3.8, 4) is 0 Å². The third-order valence-corrected chi connectivity index (χ3v) is 18.0. The first-order chi connectivity index (χ1) is 30.5. The quantitative estimate of drug-likeness (QED) is 0.0850. The second kappa shape index (κ2) is 20.2. The van der Waals surface area contributed by atoms with Gasteiger partial charge in [0.1, 0.15) is 8.42 Å². The molecule has 2 aliphatic rings. The molecule has 4 N–H and O–H groups in total. The highest BCUT2D eigenvalue weighted by Gasteiger charge is 2.36. The van der Waals surface area contributed by atoms with E-state index in [4.69, 9.17) is 0 Å². The zero-order chi connectivity index (χ0) is 45.5. The number of hydrogen-bond acceptors (Lipinski definition) is 12. The van der Waals surface area contributed by atoms with Crippen LogP contribution < -0.4 is 20.4 Å². The van der Waals surface area contributed by atoms with E-state index in [1.165, 1.54) is 22.7 Å². The van der Waals surface area contributed by atoms with Gasteiger partial charge < -0.3 is 30.6 Å². The molecule has 2 aliphatic heterocycles. The highest BCUT2D eigenvalue weighted by atomic mass is 32.3. The Morgan fingerprint density at radius 3 is 1.19 bits per heavy atom. The summed E-state index contributed by atoms with van der Waals surface area (Å²) < 4.78 is 56.5. The minimum absolute atomic E-state index is 0.0494. The van der Waals surface area contributed by atoms with Crippen molar-refractivity contribution in [1.82, 2.24) is 8.61 Å². The molecule has 0 saturated carbocycles. The van der Waals surface area contributed by atoms with Crippen LogP contribution in [0.1, 0.15) is 38.8 Å². The van der Waals surface area contributed by atoms with Crippen LogP contribution in [0.25, 0.3) is 0 Å². The molecular weight excluding hydrogens is 885 g/mol. The molecule has 2 fully saturated rings. The van der Waals surface area contributed by atoms with Crippen LogP contribution in [-0.2, 0) is 31.2 Å². The summed E-state index contributed by atoms with van der Waals surface area (Å²) in [4.78, 5) is 4.51. The van der Waals surface area contributed by atoms with Gasteiger partial charge in [0.05, 0.1) is 23.3 Å². The average molecular weight is 943 g/mol. The first-order valence-corrected chi connectivity index (χ1v) is 26.0. The summed E-state index contributed by atoms with van der Waals surface area (Å²) in [6, 6.07) is 42.4. The number of hydrogen-bond donors (Lipinski definition) is 4. The molecule has 2 aromatic heterocycles. The zero-order valence-corrected chi connectivity index (χ0v) is 39.9. The summed E-state index contributed by atoms with van der Waals surface area (Å²) in [5, 5.41) is 31.0. The SMILES string of the molecule is CC(C)(O)c1ccc(N2CCN(S(=O)(=O)c3cccs3)C[C@@H]2CNc2ccccc2)cc1.CC(C)(O)c1ccc(N2CCN(S(=O)(=O)c3cccs3)C[C@@H]2CNc2ccccc2)cc1. The number of piperazine rings is 2. The van der Waals surface area contributed by atoms with Crippen LogP contribution in [0, 0.1) is 0 Å². The maximum absolute atomic E-state index is 13.1. The number of benzene rings is 4. The summed E-state index contributed by atoms with van der Waals surface area (Å²) >= 11 is 2.51. The summed E-state index contributed by atoms with van der Waals surface area (Å²) in [6.45, 7) is 11.1. The first-order valence-electron chi connectivity index (χ1n) is 21.3. The van der Waals surface area contributed by atoms with Gasteiger partial charge in [-0.2, -0.15) is 8.61 Å². The second-order valence-electron chi connectivity index (χ2n) is 17.0. The Balaban J connectivity index is 0.000000191. The summed E-state index contributed by atoms with van der Waals surface area (Å²) in [5.41, 5.74) is 3.93. The fourth-order valence-electron chi connectivity index (χ4n) is 7.90. The minimum atomic E-state index is -3.50. The van der Waals surface area contributed by atoms with Gasteiger partial charge in [-0.25, -0.2) is 16.8 Å². The molecule has 4 aromatic carbocycles. The Bertz CT molecular complexity index is 2400. The van der Waals surface area contributed by atoms with Gasteiger partial charge in [0.2, 0.25) is 0 Å². The fourth-order valence-corrected chi connectivity index (χ4v) is 13.1. The molecule has 0 bridgehead atoms. The van der Waals surface area contributed by atoms with Crippen LogP contribution in [0.15, 0.2) is 153 Å². The number of aliphatic hydroxyl groups is 2. The van der Waals surface area contributed by atoms with E-state index in [9.17, 15) is 27.0 Å². The van der Waals surface area contributed by atoms with Crippen LogP contribution in [0.4, 0.5) is 22.7 Å². The van der Waals surface area contributed by atoms with Crippen LogP contribution in [0.5, 0.6) is 0 Å². The Morgan fingerprint density at radius 1 is 0.516 bits per heavy atom. The van der Waals surface area contributed by atoms with Crippen molar-refractivity contribution in [2.75, 3.05) is 72.8 Å². The van der Waals surface area contributed by atoms with Crippen molar-refractivity contribution in [2.45, 2.75) is 59.4 Å². The lowest BCUT2D eigenvalue weighted by molar-refractivity contribution is 0.0780. The summed E-state index contributed by atoms with van der Waals surface area (Å²) in [6.07, 6.45) is 0. The Labute approximate surface area is 386 Å². The van der Waals surface area contributed by atoms with Crippen molar-refractivity contribution < 1.29 is 27.0 Å². The predicted octanol–water partition coefficient (Wildman–Crippen LogP) is 7.93. The molecule has 12 nitrogen and oxygen atoms in total. The van der Waals surface area contributed by atoms with E-state index < -0.39 is 31.2 Å². The van der Waals surface area contributed by atoms with Crippen molar-refractivity contribution >= 4 is 65.5 Å². The first kappa shape index (κ1) is 47.2. The maximum Gasteiger partial charge on any atom is 0.252 e. The van der Waals surface area contributed by atoms with Crippen LogP contribution >= 0.6 is 22.7 Å². The lowest BCUT2D eigenvalue weighted by Crippen LogP contribution is -2.57. The monoisotopic (exact) mass is 942 g/mol. The lowest BCUT2D eigenvalue weighted by Gasteiger charge is -2.42. The number of anilines is 4. The molecule has 0 unspecified atom stereocenters. The van der Waals surface area contributed by atoms with E-state index in [1.54, 1.807) is 71.3 Å². The van der Waals surface area contributed by atoms with Crippen LogP contribution in [-0.4, -0.2) is 100 Å². The van der Waals surface area contributed by atoms with Gasteiger partial charge in [-0.15, -0.1) is 22.7 Å². The van der Waals surface area contributed by atoms with Crippen molar-refractivity contribution in [1.29, 1.82) is 0 Å². The molecule has 8 rings (SSSR count). The highest BCUT2D eigenvalue weighted by Crippen LogP contribution is 2.31. The summed E-state index contributed by atoms with van der Waals surface area (Å²) in [5.74, 6) is 0. The molecule has 4 heterocycles. The van der Waals surface area contributed by atoms with E-state index in [1.807, 2.05) is 109 Å². The lowest BCUT2D eigenvalue weighted by atomic mass is 9.98. The molecule has 64 heavy (non-hydrogen) atoms. The van der Waals surface area contributed by atoms with Gasteiger partial charge in [0, 0.05) is 75.1 Å². The molecule has 0 aliphatic carbocycles. The van der Waals surface area contributed by atoms with Gasteiger partial charge in [-0.3, -0.25) is 0 Å². The largest absolute Gasteiger partial charge is 0.386 e. The number of rotatable bonds is 14. The standard InChI is InChI=1S/2C24H29N3O3S2/c2*1-24(2,28)19-10-12-21(13-11-19)27-15-14-26(32(29,30)23-9-6-16-31-23)18-22(27)17-25-20-7-4-3-5-8-20/h2*3-13,16,22,25,28H,14-15,17-18H2,1-2H3/t2*22-/m00/s1. The average Bonchev–Trinajstić information content (AvgIpc) is 4.06. The normalized spacial score (nSPS) is 18.0. The second-order valence-corrected chi connectivity index (χ2v) is 23.2. The number of thiophene rings is 2. The number of para-hydroxylation sites is 2. The van der Waals surface area contributed by atoms with Crippen molar-refractivity contribution in [3.63, 3.8) is 0 Å². The zero-order valence-electron chi connectivity index (χ0n) is 36.6. The van der Waals surface area contributed by atoms with Crippen molar-refractivity contribution in [2.24, 2.45) is 0 Å². The maximum atomic E-state index is 13.1. The van der Waals surface area contributed by atoms with E-state index >= 15 is 0 Å². The van der Waals surface area contributed by atoms with Crippen LogP contribution in [0.2, 0.25) is 0 Å². The Morgan fingerprint density at radius 2 is 0.875 bits per heavy atom. The molecule has 6 aromatic rings. The van der Waals surface area contributed by atoms with Gasteiger partial charge in [0.15, 0.2) is 0 Å². The number of sulfonamides is 2. The van der Waals surface area contributed by atoms with Crippen molar-refractivity contribution in [3.05, 3.63) is 155 Å². The smallest absolute Gasteiger partial charge is 0.252 e. The molecule has 0 radical (unpaired) electrons. The Hall–Kier alpha value is -4.78. The summed E-state index contributed by atoms with van der Waals surface area (Å²) in [7, 11) is -7.00. The van der Waals surface area contributed by atoms with E-state index in [-0.39, 0.29) is 12.1 Å². The molecule has 16 heteroatoms. The van der Waals surface area contributed by atoms with Crippen LogP contribution in [0.3, 0.4) is 0 Å². The molecule has 2 atom stereocenters. The van der Waals surface area contributed by atoms with E-state index in [2.05, 4.69) is 20.4 Å². The predicted molar refractivity (Wildman–Crippen MR) is 262 cm³/mol. The van der Waals surface area contributed by atoms with Gasteiger partial charge >= 0.3 is 0 Å². The molecule has 0 amide bonds. The third-order valence-electron chi connectivity index (χ3n) is 11.5. The van der Waals surface area contributed by atoms with Gasteiger partial charge in [-0.05, 0) is 110 Å². The molecular formula is C48H58N6O6S4.